The van der Waals surface area contributed by atoms with Crippen LogP contribution < -0.4 is 15.0 Å². The van der Waals surface area contributed by atoms with Gasteiger partial charge >= 0.3 is 0 Å². The standard InChI is InChI=1S/C25H25N3O6S/c1-27(33-2)35(31,32)23-10-6-7-18(15-23)25(30)26-19-16-24(29)28(17-19)20-11-13-22(14-12-20)34-21-8-4-3-5-9-21/h3-15,19H,16-17H2,1-2H3,(H,26,30). The smallest absolute Gasteiger partial charge is 0.264 e. The second-order valence-corrected chi connectivity index (χ2v) is 9.85. The SMILES string of the molecule is CON(C)S(=O)(=O)c1cccc(C(=O)NC2CC(=O)N(c3ccc(Oc4ccccc4)cc3)C2)c1. The third-order valence-corrected chi connectivity index (χ3v) is 7.25. The van der Waals surface area contributed by atoms with Gasteiger partial charge in [0.2, 0.25) is 5.91 Å². The van der Waals surface area contributed by atoms with Gasteiger partial charge in [0.05, 0.1) is 18.0 Å². The average molecular weight is 496 g/mol. The van der Waals surface area contributed by atoms with E-state index in [4.69, 9.17) is 9.57 Å². The quantitative estimate of drug-likeness (QED) is 0.481. The number of rotatable bonds is 8. The second-order valence-electron chi connectivity index (χ2n) is 7.91. The Morgan fingerprint density at radius 2 is 1.69 bits per heavy atom. The van der Waals surface area contributed by atoms with Gasteiger partial charge < -0.3 is 15.0 Å². The summed E-state index contributed by atoms with van der Waals surface area (Å²) >= 11 is 0. The Hall–Kier alpha value is -3.73. The molecule has 1 N–H and O–H groups in total. The number of hydrogen-bond acceptors (Lipinski definition) is 6. The molecule has 0 aromatic heterocycles. The van der Waals surface area contributed by atoms with Crippen molar-refractivity contribution in [1.82, 2.24) is 9.79 Å². The maximum atomic E-state index is 12.8. The van der Waals surface area contributed by atoms with Gasteiger partial charge in [-0.1, -0.05) is 28.7 Å². The number of para-hydroxylation sites is 1. The van der Waals surface area contributed by atoms with Crippen LogP contribution in [0, 0.1) is 0 Å². The van der Waals surface area contributed by atoms with E-state index in [-0.39, 0.29) is 22.8 Å². The highest BCUT2D eigenvalue weighted by Gasteiger charge is 2.32. The van der Waals surface area contributed by atoms with Crippen LogP contribution in [0.1, 0.15) is 16.8 Å². The van der Waals surface area contributed by atoms with E-state index in [0.717, 1.165) is 0 Å². The van der Waals surface area contributed by atoms with Crippen LogP contribution in [0.2, 0.25) is 0 Å². The summed E-state index contributed by atoms with van der Waals surface area (Å²) in [4.78, 5) is 31.7. The number of anilines is 1. The minimum absolute atomic E-state index is 0.0727. The molecule has 3 aromatic rings. The summed E-state index contributed by atoms with van der Waals surface area (Å²) in [6.07, 6.45) is 0.137. The van der Waals surface area contributed by atoms with Crippen molar-refractivity contribution in [2.75, 3.05) is 25.6 Å². The molecule has 3 aromatic carbocycles. The van der Waals surface area contributed by atoms with Crippen LogP contribution in [0.15, 0.2) is 83.8 Å². The minimum Gasteiger partial charge on any atom is -0.457 e. The van der Waals surface area contributed by atoms with Gasteiger partial charge in [0.25, 0.3) is 15.9 Å². The molecule has 2 amide bonds. The van der Waals surface area contributed by atoms with Gasteiger partial charge in [-0.2, -0.15) is 0 Å². The van der Waals surface area contributed by atoms with E-state index in [1.54, 1.807) is 29.2 Å². The molecular weight excluding hydrogens is 470 g/mol. The third kappa shape index (κ3) is 5.51. The number of benzene rings is 3. The van der Waals surface area contributed by atoms with Crippen LogP contribution in [-0.4, -0.2) is 51.4 Å². The zero-order chi connectivity index (χ0) is 25.0. The third-order valence-electron chi connectivity index (χ3n) is 5.58. The van der Waals surface area contributed by atoms with Crippen molar-refractivity contribution >= 4 is 27.5 Å². The molecule has 1 aliphatic rings. The summed E-state index contributed by atoms with van der Waals surface area (Å²) in [5.41, 5.74) is 0.867. The summed E-state index contributed by atoms with van der Waals surface area (Å²) < 4.78 is 31.4. The molecule has 1 unspecified atom stereocenters. The van der Waals surface area contributed by atoms with Crippen molar-refractivity contribution in [1.29, 1.82) is 0 Å². The Morgan fingerprint density at radius 3 is 2.37 bits per heavy atom. The Labute approximate surface area is 203 Å². The number of sulfonamides is 1. The average Bonchev–Trinajstić information content (AvgIpc) is 3.24. The summed E-state index contributed by atoms with van der Waals surface area (Å²) in [5.74, 6) is 0.773. The maximum absolute atomic E-state index is 12.8. The summed E-state index contributed by atoms with van der Waals surface area (Å²) in [6, 6.07) is 21.8. The Morgan fingerprint density at radius 1 is 1.00 bits per heavy atom. The first-order valence-electron chi connectivity index (χ1n) is 10.9. The van der Waals surface area contributed by atoms with Gasteiger partial charge in [-0.25, -0.2) is 8.42 Å². The molecule has 0 aliphatic carbocycles. The van der Waals surface area contributed by atoms with E-state index < -0.39 is 22.0 Å². The second kappa shape index (κ2) is 10.3. The number of carbonyl (C=O) groups is 2. The Kier molecular flexibility index (Phi) is 7.15. The lowest BCUT2D eigenvalue weighted by molar-refractivity contribution is -0.117. The molecule has 1 fully saturated rings. The number of carbonyl (C=O) groups excluding carboxylic acids is 2. The molecule has 182 valence electrons. The van der Waals surface area contributed by atoms with E-state index in [1.165, 1.54) is 38.4 Å². The number of nitrogens with one attached hydrogen (secondary N) is 1. The summed E-state index contributed by atoms with van der Waals surface area (Å²) in [5, 5.41) is 2.83. The first-order valence-corrected chi connectivity index (χ1v) is 12.3. The molecule has 1 atom stereocenters. The number of hydrogen-bond donors (Lipinski definition) is 1. The van der Waals surface area contributed by atoms with Crippen molar-refractivity contribution in [2.24, 2.45) is 0 Å². The predicted molar refractivity (Wildman–Crippen MR) is 130 cm³/mol. The van der Waals surface area contributed by atoms with E-state index in [2.05, 4.69) is 5.32 Å². The fourth-order valence-electron chi connectivity index (χ4n) is 3.69. The largest absolute Gasteiger partial charge is 0.457 e. The predicted octanol–water partition coefficient (Wildman–Crippen LogP) is 3.20. The lowest BCUT2D eigenvalue weighted by atomic mass is 10.2. The van der Waals surface area contributed by atoms with E-state index in [0.29, 0.717) is 28.2 Å². The number of hydroxylamine groups is 1. The minimum atomic E-state index is -3.89. The first-order chi connectivity index (χ1) is 16.8. The molecular formula is C25H25N3O6S. The van der Waals surface area contributed by atoms with Crippen LogP contribution in [0.5, 0.6) is 11.5 Å². The molecule has 4 rings (SSSR count). The van der Waals surface area contributed by atoms with Crippen LogP contribution >= 0.6 is 0 Å². The van der Waals surface area contributed by atoms with Crippen LogP contribution in [0.3, 0.4) is 0 Å². The highest BCUT2D eigenvalue weighted by molar-refractivity contribution is 7.89. The molecule has 1 heterocycles. The topological polar surface area (TPSA) is 105 Å². The molecule has 0 saturated carbocycles. The first kappa shape index (κ1) is 24.4. The number of amides is 2. The molecule has 1 aliphatic heterocycles. The molecule has 10 heteroatoms. The summed E-state index contributed by atoms with van der Waals surface area (Å²) in [7, 11) is -1.39. The lowest BCUT2D eigenvalue weighted by Crippen LogP contribution is -2.37. The Bertz CT molecular complexity index is 1310. The van der Waals surface area contributed by atoms with Crippen LogP contribution in [0.4, 0.5) is 5.69 Å². The summed E-state index contributed by atoms with van der Waals surface area (Å²) in [6.45, 7) is 0.299. The monoisotopic (exact) mass is 495 g/mol. The van der Waals surface area contributed by atoms with Crippen molar-refractivity contribution in [2.45, 2.75) is 17.4 Å². The molecule has 0 radical (unpaired) electrons. The van der Waals surface area contributed by atoms with Gasteiger partial charge in [-0.15, -0.1) is 0 Å². The van der Waals surface area contributed by atoms with Crippen molar-refractivity contribution in [3.8, 4) is 11.5 Å². The van der Waals surface area contributed by atoms with Crippen LogP contribution in [-0.2, 0) is 19.7 Å². The van der Waals surface area contributed by atoms with Gasteiger partial charge in [-0.3, -0.25) is 14.4 Å². The van der Waals surface area contributed by atoms with Crippen molar-refractivity contribution in [3.05, 3.63) is 84.4 Å². The zero-order valence-electron chi connectivity index (χ0n) is 19.2. The molecule has 35 heavy (non-hydrogen) atoms. The van der Waals surface area contributed by atoms with E-state index in [9.17, 15) is 18.0 Å². The van der Waals surface area contributed by atoms with Crippen LogP contribution in [0.25, 0.3) is 0 Å². The van der Waals surface area contributed by atoms with E-state index >= 15 is 0 Å². The van der Waals surface area contributed by atoms with Gasteiger partial charge in [0.15, 0.2) is 0 Å². The molecule has 0 spiro atoms. The van der Waals surface area contributed by atoms with E-state index in [1.807, 2.05) is 30.3 Å². The maximum Gasteiger partial charge on any atom is 0.264 e. The van der Waals surface area contributed by atoms with Gasteiger partial charge in [-0.05, 0) is 54.6 Å². The fraction of sp³-hybridized carbons (Fsp3) is 0.200. The molecule has 1 saturated heterocycles. The normalized spacial score (nSPS) is 15.9. The lowest BCUT2D eigenvalue weighted by Gasteiger charge is -2.18. The highest BCUT2D eigenvalue weighted by Crippen LogP contribution is 2.27. The van der Waals surface area contributed by atoms with Crippen molar-refractivity contribution in [3.63, 3.8) is 0 Å². The van der Waals surface area contributed by atoms with Gasteiger partial charge in [0, 0.05) is 31.3 Å². The van der Waals surface area contributed by atoms with Crippen molar-refractivity contribution < 1.29 is 27.6 Å². The van der Waals surface area contributed by atoms with Gasteiger partial charge in [0.1, 0.15) is 11.5 Å². The molecule has 9 nitrogen and oxygen atoms in total. The highest BCUT2D eigenvalue weighted by atomic mass is 32.2. The number of nitrogens with zero attached hydrogens (tertiary/aromatic N) is 2. The zero-order valence-corrected chi connectivity index (χ0v) is 20.1. The molecule has 0 bridgehead atoms. The number of ether oxygens (including phenoxy) is 1. The fourth-order valence-corrected chi connectivity index (χ4v) is 4.71. The Balaban J connectivity index is 1.40.